The van der Waals surface area contributed by atoms with E-state index in [1.54, 1.807) is 9.80 Å². The number of methoxy groups -OCH3 is 2. The Morgan fingerprint density at radius 2 is 1.19 bits per heavy atom. The minimum Gasteiger partial charge on any atom is -0.453 e. The molecule has 16 nitrogen and oxygen atoms in total. The summed E-state index contributed by atoms with van der Waals surface area (Å²) in [6.07, 6.45) is 3.32. The summed E-state index contributed by atoms with van der Waals surface area (Å²) >= 11 is 0. The molecule has 0 bridgehead atoms. The number of aromatic nitrogens is 5. The van der Waals surface area contributed by atoms with Crippen LogP contribution in [-0.2, 0) is 19.1 Å². The third-order valence-corrected chi connectivity index (χ3v) is 11.6. The monoisotopic (exact) mass is 803 g/mol. The summed E-state index contributed by atoms with van der Waals surface area (Å²) < 4.78 is 15.6. The topological polar surface area (TPSA) is 201 Å². The maximum atomic E-state index is 13.7. The van der Waals surface area contributed by atoms with Gasteiger partial charge in [-0.15, -0.1) is 0 Å². The van der Waals surface area contributed by atoms with Crippen LogP contribution in [0.15, 0.2) is 59.3 Å². The predicted octanol–water partition coefficient (Wildman–Crippen LogP) is 7.00. The highest BCUT2D eigenvalue weighted by Crippen LogP contribution is 2.39. The number of nitrogens with one attached hydrogen (secondary N) is 4. The Labute approximate surface area is 340 Å². The van der Waals surface area contributed by atoms with Crippen molar-refractivity contribution in [2.45, 2.75) is 77.5 Å². The Morgan fingerprint density at radius 1 is 0.712 bits per heavy atom. The highest BCUT2D eigenvalue weighted by Gasteiger charge is 2.39. The van der Waals surface area contributed by atoms with Crippen LogP contribution in [0, 0.1) is 11.8 Å². The summed E-state index contributed by atoms with van der Waals surface area (Å²) in [4.78, 5) is 76.5. The smallest absolute Gasteiger partial charge is 0.407 e. The maximum Gasteiger partial charge on any atom is 0.407 e. The number of alkyl carbamates (subject to hydrolysis) is 2. The molecule has 3 aromatic carbocycles. The third kappa shape index (κ3) is 7.43. The first kappa shape index (κ1) is 39.4. The summed E-state index contributed by atoms with van der Waals surface area (Å²) in [6.45, 7) is 8.72. The van der Waals surface area contributed by atoms with Gasteiger partial charge in [0.25, 0.3) is 0 Å². The SMILES string of the molecule is COC(=O)N[C@H](C(=O)N1CCC[C@H]1c1nc2ccc(-c3ccc(-c4ccc5nc([C@@H]6CCCN6C(=O)[C@@H](NC(=O)OC)C(C)C)[nH]c5c4)c4ocnc34)cc2[nH]1)C(C)C. The number of fused-ring (bicyclic) bond motifs is 3. The van der Waals surface area contributed by atoms with Crippen molar-refractivity contribution in [3.8, 4) is 22.3 Å². The number of ether oxygens (including phenoxy) is 2. The summed E-state index contributed by atoms with van der Waals surface area (Å²) in [5.74, 6) is 0.822. The van der Waals surface area contributed by atoms with Gasteiger partial charge in [-0.2, -0.15) is 0 Å². The zero-order valence-electron chi connectivity index (χ0n) is 34.0. The molecule has 0 aliphatic carbocycles. The number of carbonyl (C=O) groups excluding carboxylic acids is 4. The number of imidazole rings is 2. The van der Waals surface area contributed by atoms with Gasteiger partial charge in [-0.1, -0.05) is 45.9 Å². The number of likely N-dealkylation sites (tertiary alicyclic amines) is 2. The molecule has 59 heavy (non-hydrogen) atoms. The van der Waals surface area contributed by atoms with E-state index in [-0.39, 0.29) is 35.7 Å². The number of hydrogen-bond acceptors (Lipinski definition) is 10. The van der Waals surface area contributed by atoms with E-state index in [2.05, 4.69) is 25.6 Å². The minimum atomic E-state index is -0.716. The lowest BCUT2D eigenvalue weighted by Gasteiger charge is -2.29. The second kappa shape index (κ2) is 16.1. The summed E-state index contributed by atoms with van der Waals surface area (Å²) in [5.41, 5.74) is 8.13. The summed E-state index contributed by atoms with van der Waals surface area (Å²) in [5, 5.41) is 5.41. The molecule has 4 amide bonds. The number of oxazole rings is 1. The van der Waals surface area contributed by atoms with Gasteiger partial charge in [0.1, 0.15) is 29.2 Å². The number of H-pyrrole nitrogens is 2. The molecular weight excluding hydrogens is 755 g/mol. The van der Waals surface area contributed by atoms with Crippen LogP contribution in [0.3, 0.4) is 0 Å². The number of carbonyl (C=O) groups is 4. The average Bonchev–Trinajstić information content (AvgIpc) is 4.08. The highest BCUT2D eigenvalue weighted by atomic mass is 16.5. The highest BCUT2D eigenvalue weighted by molar-refractivity contribution is 6.01. The van der Waals surface area contributed by atoms with Gasteiger partial charge in [0.2, 0.25) is 11.8 Å². The molecule has 3 aromatic heterocycles. The van der Waals surface area contributed by atoms with Crippen molar-refractivity contribution in [3.63, 3.8) is 0 Å². The zero-order chi connectivity index (χ0) is 41.5. The maximum absolute atomic E-state index is 13.7. The molecule has 0 saturated carbocycles. The summed E-state index contributed by atoms with van der Waals surface area (Å²) in [6, 6.07) is 14.1. The van der Waals surface area contributed by atoms with E-state index in [9.17, 15) is 19.2 Å². The Kier molecular flexibility index (Phi) is 10.7. The van der Waals surface area contributed by atoms with Crippen LogP contribution in [0.1, 0.15) is 77.1 Å². The van der Waals surface area contributed by atoms with Gasteiger partial charge in [-0.05, 0) is 79.0 Å². The molecular formula is C43H49N9O7. The van der Waals surface area contributed by atoms with Crippen LogP contribution in [0.25, 0.3) is 55.4 Å². The number of aromatic amines is 2. The van der Waals surface area contributed by atoms with Gasteiger partial charge in [0.15, 0.2) is 12.0 Å². The lowest BCUT2D eigenvalue weighted by atomic mass is 9.98. The van der Waals surface area contributed by atoms with E-state index >= 15 is 0 Å². The fourth-order valence-electron chi connectivity index (χ4n) is 8.51. The summed E-state index contributed by atoms with van der Waals surface area (Å²) in [7, 11) is 2.57. The molecule has 8 rings (SSSR count). The fourth-order valence-corrected chi connectivity index (χ4v) is 8.51. The molecule has 5 heterocycles. The molecule has 6 aromatic rings. The Bertz CT molecular complexity index is 2380. The largest absolute Gasteiger partial charge is 0.453 e. The number of nitrogens with zero attached hydrogens (tertiary/aromatic N) is 5. The predicted molar refractivity (Wildman–Crippen MR) is 220 cm³/mol. The van der Waals surface area contributed by atoms with E-state index in [0.29, 0.717) is 35.8 Å². The molecule has 16 heteroatoms. The number of hydrogen-bond donors (Lipinski definition) is 4. The van der Waals surface area contributed by atoms with Crippen molar-refractivity contribution in [2.75, 3.05) is 27.3 Å². The lowest BCUT2D eigenvalue weighted by Crippen LogP contribution is -2.51. The lowest BCUT2D eigenvalue weighted by molar-refractivity contribution is -0.136. The fraction of sp³-hybridized carbons (Fsp3) is 0.419. The van der Waals surface area contributed by atoms with Crippen LogP contribution in [-0.4, -0.2) is 98.1 Å². The standard InChI is InChI=1S/C43H49N9O7/c1-22(2)34(49-42(55)57-5)40(53)51-17-7-9-32(51)38-45-28-15-11-24(19-30(28)47-38)26-13-14-27(37-36(26)44-21-59-37)25-12-16-29-31(20-25)48-39(46-29)33-10-8-18-52(33)41(54)35(23(3)4)50-43(56)58-6/h11-16,19-23,32-35H,7-10,17-18H2,1-6H3,(H,45,47)(H,46,48)(H,49,55)(H,50,56)/t32-,33-,34-,35-/m0/s1. The van der Waals surface area contributed by atoms with Crippen molar-refractivity contribution in [1.29, 1.82) is 0 Å². The average molecular weight is 804 g/mol. The molecule has 4 N–H and O–H groups in total. The van der Waals surface area contributed by atoms with Gasteiger partial charge in [-0.25, -0.2) is 24.5 Å². The van der Waals surface area contributed by atoms with Gasteiger partial charge in [0, 0.05) is 24.2 Å². The van der Waals surface area contributed by atoms with E-state index in [1.807, 2.05) is 76.2 Å². The third-order valence-electron chi connectivity index (χ3n) is 11.6. The van der Waals surface area contributed by atoms with Crippen LogP contribution in [0.2, 0.25) is 0 Å². The Hall–Kier alpha value is -6.45. The van der Waals surface area contributed by atoms with Crippen molar-refractivity contribution in [3.05, 3.63) is 66.6 Å². The quantitative estimate of drug-likeness (QED) is 0.112. The first-order chi connectivity index (χ1) is 28.4. The molecule has 0 radical (unpaired) electrons. The number of rotatable bonds is 10. The zero-order valence-corrected chi connectivity index (χ0v) is 34.0. The molecule has 0 spiro atoms. The van der Waals surface area contributed by atoms with E-state index < -0.39 is 24.3 Å². The van der Waals surface area contributed by atoms with Crippen molar-refractivity contribution in [2.24, 2.45) is 11.8 Å². The number of amides is 4. The Balaban J connectivity index is 1.04. The molecule has 0 unspecified atom stereocenters. The van der Waals surface area contributed by atoms with Gasteiger partial charge in [-0.3, -0.25) is 9.59 Å². The normalized spacial score (nSPS) is 18.0. The van der Waals surface area contributed by atoms with E-state index in [4.69, 9.17) is 23.9 Å². The van der Waals surface area contributed by atoms with E-state index in [0.717, 1.165) is 70.0 Å². The van der Waals surface area contributed by atoms with Gasteiger partial charge >= 0.3 is 12.2 Å². The van der Waals surface area contributed by atoms with Crippen LogP contribution in [0.4, 0.5) is 9.59 Å². The molecule has 2 saturated heterocycles. The molecule has 2 aliphatic rings. The molecule has 308 valence electrons. The van der Waals surface area contributed by atoms with Gasteiger partial charge < -0.3 is 44.3 Å². The second-order valence-electron chi connectivity index (χ2n) is 16.0. The molecule has 2 fully saturated rings. The first-order valence-corrected chi connectivity index (χ1v) is 20.1. The Morgan fingerprint density at radius 3 is 1.66 bits per heavy atom. The van der Waals surface area contributed by atoms with Crippen molar-refractivity contribution >= 4 is 57.2 Å². The second-order valence-corrected chi connectivity index (χ2v) is 16.0. The van der Waals surface area contributed by atoms with Crippen LogP contribution >= 0.6 is 0 Å². The van der Waals surface area contributed by atoms with Gasteiger partial charge in [0.05, 0.1) is 48.4 Å². The van der Waals surface area contributed by atoms with Crippen LogP contribution < -0.4 is 10.6 Å². The van der Waals surface area contributed by atoms with Crippen LogP contribution in [0.5, 0.6) is 0 Å². The molecule has 2 aliphatic heterocycles. The number of benzene rings is 3. The van der Waals surface area contributed by atoms with Crippen molar-refractivity contribution in [1.82, 2.24) is 45.4 Å². The molecule has 4 atom stereocenters. The van der Waals surface area contributed by atoms with E-state index in [1.165, 1.54) is 20.6 Å². The van der Waals surface area contributed by atoms with Crippen molar-refractivity contribution < 1.29 is 33.1 Å². The minimum absolute atomic E-state index is 0.128. The first-order valence-electron chi connectivity index (χ1n) is 20.1.